The number of para-hydroxylation sites is 1. The van der Waals surface area contributed by atoms with E-state index in [9.17, 15) is 4.79 Å². The molecule has 1 aromatic carbocycles. The van der Waals surface area contributed by atoms with Crippen molar-refractivity contribution in [3.8, 4) is 0 Å². The Kier molecular flexibility index (Phi) is 2.06. The van der Waals surface area contributed by atoms with Gasteiger partial charge < -0.3 is 0 Å². The van der Waals surface area contributed by atoms with E-state index in [1.54, 1.807) is 4.68 Å². The van der Waals surface area contributed by atoms with Crippen LogP contribution in [0.15, 0.2) is 36.5 Å². The van der Waals surface area contributed by atoms with Crippen LogP contribution in [0.25, 0.3) is 10.9 Å². The fraction of sp³-hybridized carbons (Fsp3) is 0. The summed E-state index contributed by atoms with van der Waals surface area (Å²) in [6, 6.07) is 9.77. The molecule has 1 amide bonds. The lowest BCUT2D eigenvalue weighted by molar-refractivity contribution is 0.268. The first-order valence-electron chi connectivity index (χ1n) is 3.80. The summed E-state index contributed by atoms with van der Waals surface area (Å²) < 4.78 is 1.67. The average Bonchev–Trinajstić information content (AvgIpc) is 2.48. The number of hydrogen-bond acceptors (Lipinski definition) is 1. The predicted molar refractivity (Wildman–Crippen MR) is 55.6 cm³/mol. The maximum Gasteiger partial charge on any atom is 0.305 e. The molecule has 13 heavy (non-hydrogen) atoms. The van der Waals surface area contributed by atoms with Gasteiger partial charge in [-0.3, -0.25) is 14.9 Å². The van der Waals surface area contributed by atoms with Gasteiger partial charge in [0.1, 0.15) is 0 Å². The summed E-state index contributed by atoms with van der Waals surface area (Å²) in [4.78, 5) is 10.5. The minimum Gasteiger partial charge on any atom is -0.260 e. The van der Waals surface area contributed by atoms with Crippen molar-refractivity contribution in [2.45, 2.75) is 0 Å². The number of halogens is 1. The quantitative estimate of drug-likeness (QED) is 0.602. The molecule has 1 heterocycles. The second-order valence-corrected chi connectivity index (χ2v) is 3.35. The summed E-state index contributed by atoms with van der Waals surface area (Å²) in [5.41, 5.74) is 3.60. The highest BCUT2D eigenvalue weighted by Gasteiger charge is 2.00. The van der Waals surface area contributed by atoms with Gasteiger partial charge >= 0.3 is 4.82 Å². The topological polar surface area (TPSA) is 34.0 Å². The molecule has 0 aliphatic carbocycles. The molecule has 2 aromatic rings. The van der Waals surface area contributed by atoms with Crippen LogP contribution in [0.5, 0.6) is 0 Å². The van der Waals surface area contributed by atoms with E-state index in [4.69, 9.17) is 0 Å². The molecular weight excluding hydrogens is 232 g/mol. The molecular formula is C9H7BrN2O. The van der Waals surface area contributed by atoms with E-state index >= 15 is 0 Å². The highest BCUT2D eigenvalue weighted by Crippen LogP contribution is 2.13. The van der Waals surface area contributed by atoms with Crippen molar-refractivity contribution in [1.29, 1.82) is 0 Å². The molecule has 66 valence electrons. The lowest BCUT2D eigenvalue weighted by atomic mass is 10.3. The Balaban J connectivity index is 2.51. The Morgan fingerprint density at radius 2 is 2.08 bits per heavy atom. The normalized spacial score (nSPS) is 10.2. The van der Waals surface area contributed by atoms with E-state index in [-0.39, 0.29) is 4.82 Å². The number of fused-ring (bicyclic) bond motifs is 1. The van der Waals surface area contributed by atoms with E-state index in [2.05, 4.69) is 21.4 Å². The van der Waals surface area contributed by atoms with Crippen molar-refractivity contribution in [3.05, 3.63) is 36.5 Å². The number of benzene rings is 1. The number of rotatable bonds is 1. The van der Waals surface area contributed by atoms with Crippen molar-refractivity contribution < 1.29 is 4.79 Å². The molecule has 0 radical (unpaired) electrons. The molecule has 0 fully saturated rings. The van der Waals surface area contributed by atoms with Crippen LogP contribution in [0.3, 0.4) is 0 Å². The van der Waals surface area contributed by atoms with Gasteiger partial charge in [-0.1, -0.05) is 18.2 Å². The number of carbonyl (C=O) groups is 1. The molecule has 1 N–H and O–H groups in total. The Bertz CT molecular complexity index is 450. The van der Waals surface area contributed by atoms with Crippen LogP contribution in [0, 0.1) is 0 Å². The number of hydrogen-bond donors (Lipinski definition) is 1. The van der Waals surface area contributed by atoms with E-state index in [0.717, 1.165) is 10.9 Å². The Morgan fingerprint density at radius 1 is 1.31 bits per heavy atom. The zero-order valence-electron chi connectivity index (χ0n) is 6.70. The molecule has 0 spiro atoms. The summed E-state index contributed by atoms with van der Waals surface area (Å²) in [6.07, 6.45) is 1.81. The van der Waals surface area contributed by atoms with E-state index in [0.29, 0.717) is 0 Å². The van der Waals surface area contributed by atoms with Crippen LogP contribution >= 0.6 is 15.9 Å². The number of nitrogens with one attached hydrogen (secondary N) is 1. The van der Waals surface area contributed by atoms with Crippen molar-refractivity contribution in [3.63, 3.8) is 0 Å². The summed E-state index contributed by atoms with van der Waals surface area (Å²) in [5, 5.41) is 1.10. The summed E-state index contributed by atoms with van der Waals surface area (Å²) in [7, 11) is 0. The van der Waals surface area contributed by atoms with Crippen molar-refractivity contribution in [2.24, 2.45) is 0 Å². The molecule has 0 bridgehead atoms. The van der Waals surface area contributed by atoms with Crippen molar-refractivity contribution in [2.75, 3.05) is 5.43 Å². The maximum absolute atomic E-state index is 10.7. The molecule has 0 saturated carbocycles. The fourth-order valence-electron chi connectivity index (χ4n) is 1.28. The third-order valence-corrected chi connectivity index (χ3v) is 1.99. The number of aromatic nitrogens is 1. The third kappa shape index (κ3) is 1.58. The molecule has 2 rings (SSSR count). The molecule has 0 aliphatic rings. The average molecular weight is 239 g/mol. The van der Waals surface area contributed by atoms with Crippen LogP contribution < -0.4 is 5.43 Å². The molecule has 0 aliphatic heterocycles. The summed E-state index contributed by atoms with van der Waals surface area (Å²) >= 11 is 2.81. The zero-order chi connectivity index (χ0) is 9.26. The number of amides is 1. The highest BCUT2D eigenvalue weighted by molar-refractivity contribution is 9.18. The number of nitrogens with zero attached hydrogens (tertiary/aromatic N) is 1. The van der Waals surface area contributed by atoms with Gasteiger partial charge in [0.15, 0.2) is 0 Å². The molecule has 3 nitrogen and oxygen atoms in total. The Labute approximate surface area is 83.4 Å². The summed E-state index contributed by atoms with van der Waals surface area (Å²) in [6.45, 7) is 0. The number of carbonyl (C=O) groups excluding carboxylic acids is 1. The van der Waals surface area contributed by atoms with E-state index in [1.165, 1.54) is 0 Å². The second kappa shape index (κ2) is 3.22. The van der Waals surface area contributed by atoms with Crippen molar-refractivity contribution in [1.82, 2.24) is 4.68 Å². The molecule has 4 heteroatoms. The van der Waals surface area contributed by atoms with Gasteiger partial charge in [0.2, 0.25) is 0 Å². The van der Waals surface area contributed by atoms with Gasteiger partial charge in [-0.2, -0.15) is 0 Å². The van der Waals surface area contributed by atoms with E-state index < -0.39 is 0 Å². The third-order valence-electron chi connectivity index (χ3n) is 1.81. The molecule has 0 saturated heterocycles. The van der Waals surface area contributed by atoms with Crippen LogP contribution in [0.2, 0.25) is 0 Å². The first-order chi connectivity index (χ1) is 6.27. The smallest absolute Gasteiger partial charge is 0.260 e. The zero-order valence-corrected chi connectivity index (χ0v) is 8.28. The van der Waals surface area contributed by atoms with E-state index in [1.807, 2.05) is 36.5 Å². The van der Waals surface area contributed by atoms with Crippen molar-refractivity contribution >= 4 is 31.6 Å². The molecule has 0 unspecified atom stereocenters. The highest BCUT2D eigenvalue weighted by atomic mass is 79.9. The molecule has 1 aromatic heterocycles. The Morgan fingerprint density at radius 3 is 2.85 bits per heavy atom. The van der Waals surface area contributed by atoms with Crippen LogP contribution in [0.1, 0.15) is 0 Å². The lowest BCUT2D eigenvalue weighted by Crippen LogP contribution is -2.14. The van der Waals surface area contributed by atoms with Gasteiger partial charge in [0, 0.05) is 27.5 Å². The van der Waals surface area contributed by atoms with Crippen LogP contribution in [-0.2, 0) is 0 Å². The largest absolute Gasteiger partial charge is 0.305 e. The minimum atomic E-state index is -0.256. The molecule has 0 atom stereocenters. The van der Waals surface area contributed by atoms with Gasteiger partial charge in [-0.15, -0.1) is 0 Å². The lowest BCUT2D eigenvalue weighted by Gasteiger charge is -2.02. The minimum absolute atomic E-state index is 0.256. The fourth-order valence-corrected chi connectivity index (χ4v) is 1.47. The maximum atomic E-state index is 10.7. The SMILES string of the molecule is O=C(Br)Nn1ccc2ccccc21. The van der Waals surface area contributed by atoms with Gasteiger partial charge in [-0.25, -0.2) is 0 Å². The van der Waals surface area contributed by atoms with Crippen LogP contribution in [0.4, 0.5) is 4.79 Å². The van der Waals surface area contributed by atoms with Gasteiger partial charge in [0.25, 0.3) is 0 Å². The standard InChI is InChI=1S/C9H7BrN2O/c10-9(13)11-12-6-5-7-3-1-2-4-8(7)12/h1-6H,(H,11,13). The second-order valence-electron chi connectivity index (χ2n) is 2.63. The Hall–Kier alpha value is -1.29. The predicted octanol–water partition coefficient (Wildman–Crippen LogP) is 2.70. The first-order valence-corrected chi connectivity index (χ1v) is 4.59. The van der Waals surface area contributed by atoms with Gasteiger partial charge in [0.05, 0.1) is 5.52 Å². The van der Waals surface area contributed by atoms with Crippen LogP contribution in [-0.4, -0.2) is 9.49 Å². The monoisotopic (exact) mass is 238 g/mol. The summed E-state index contributed by atoms with van der Waals surface area (Å²) in [5.74, 6) is 0. The first kappa shape index (κ1) is 8.31. The van der Waals surface area contributed by atoms with Gasteiger partial charge in [-0.05, 0) is 12.1 Å².